The van der Waals surface area contributed by atoms with Crippen LogP contribution in [0.1, 0.15) is 67.9 Å². The molecular weight excluding hydrogens is 596 g/mol. The molecule has 0 aliphatic heterocycles. The maximum absolute atomic E-state index is 13.9. The second-order valence-electron chi connectivity index (χ2n) is 10.7. The van der Waals surface area contributed by atoms with E-state index < -0.39 is 45.8 Å². The molecule has 3 aromatic rings. The van der Waals surface area contributed by atoms with Crippen LogP contribution in [0.25, 0.3) is 5.69 Å². The highest BCUT2D eigenvalue weighted by Crippen LogP contribution is 2.50. The molecule has 0 radical (unpaired) electrons. The van der Waals surface area contributed by atoms with Gasteiger partial charge in [0.15, 0.2) is 9.84 Å². The molecule has 4 rings (SSSR count). The summed E-state index contributed by atoms with van der Waals surface area (Å²) < 4.78 is 80.3. The van der Waals surface area contributed by atoms with Gasteiger partial charge in [0, 0.05) is 23.4 Å². The van der Waals surface area contributed by atoms with Crippen molar-refractivity contribution in [3.05, 3.63) is 81.6 Å². The van der Waals surface area contributed by atoms with Crippen LogP contribution in [-0.2, 0) is 32.6 Å². The molecule has 1 aliphatic carbocycles. The highest BCUT2D eigenvalue weighted by Gasteiger charge is 2.45. The summed E-state index contributed by atoms with van der Waals surface area (Å²) in [5, 5.41) is 9.53. The summed E-state index contributed by atoms with van der Waals surface area (Å²) in [7, 11) is -3.53. The van der Waals surface area contributed by atoms with E-state index in [9.17, 15) is 36.0 Å². The molecule has 42 heavy (non-hydrogen) atoms. The Morgan fingerprint density at radius 2 is 1.86 bits per heavy atom. The van der Waals surface area contributed by atoms with Crippen LogP contribution in [0.5, 0.6) is 0 Å². The number of nitriles is 1. The van der Waals surface area contributed by atoms with Gasteiger partial charge in [-0.05, 0) is 61.7 Å². The minimum Gasteiger partial charge on any atom is -0.331 e. The Labute approximate surface area is 246 Å². The van der Waals surface area contributed by atoms with Crippen molar-refractivity contribution < 1.29 is 30.8 Å². The van der Waals surface area contributed by atoms with Crippen LogP contribution in [0.15, 0.2) is 42.5 Å². The number of nitrogens with zero attached hydrogens (tertiary/aromatic N) is 4. The van der Waals surface area contributed by atoms with Gasteiger partial charge in [0.2, 0.25) is 5.91 Å². The number of hydrogen-bond donors (Lipinski definition) is 0. The maximum Gasteiger partial charge on any atom is 0.419 e. The van der Waals surface area contributed by atoms with Crippen LogP contribution < -0.4 is 0 Å². The van der Waals surface area contributed by atoms with E-state index in [1.165, 1.54) is 11.8 Å². The Balaban J connectivity index is 1.78. The summed E-state index contributed by atoms with van der Waals surface area (Å²) in [6, 6.07) is 10.1. The van der Waals surface area contributed by atoms with Gasteiger partial charge in [0.05, 0.1) is 41.1 Å². The molecular formula is C29H29ClF4N4O3S. The lowest BCUT2D eigenvalue weighted by Crippen LogP contribution is -2.39. The molecule has 224 valence electrons. The Morgan fingerprint density at radius 3 is 2.40 bits per heavy atom. The number of amides is 1. The molecule has 7 nitrogen and oxygen atoms in total. The molecule has 1 aromatic heterocycles. The Hall–Kier alpha value is -3.43. The quantitative estimate of drug-likeness (QED) is 0.251. The number of imidazole rings is 1. The molecule has 1 fully saturated rings. The zero-order valence-corrected chi connectivity index (χ0v) is 24.7. The van der Waals surface area contributed by atoms with Crippen molar-refractivity contribution in [2.24, 2.45) is 0 Å². The normalized spacial score (nSPS) is 15.2. The maximum atomic E-state index is 13.9. The Bertz CT molecular complexity index is 1640. The van der Waals surface area contributed by atoms with Crippen LogP contribution in [-0.4, -0.2) is 46.8 Å². The van der Waals surface area contributed by atoms with E-state index in [1.807, 2.05) is 13.0 Å². The van der Waals surface area contributed by atoms with Gasteiger partial charge in [-0.15, -0.1) is 0 Å². The monoisotopic (exact) mass is 624 g/mol. The smallest absolute Gasteiger partial charge is 0.331 e. The number of carbonyl (C=O) groups is 1. The highest BCUT2D eigenvalue weighted by atomic mass is 35.5. The van der Waals surface area contributed by atoms with Crippen LogP contribution in [0.3, 0.4) is 0 Å². The van der Waals surface area contributed by atoms with Crippen molar-refractivity contribution in [1.82, 2.24) is 14.5 Å². The summed E-state index contributed by atoms with van der Waals surface area (Å²) in [6.45, 7) is 4.86. The third-order valence-electron chi connectivity index (χ3n) is 7.61. The summed E-state index contributed by atoms with van der Waals surface area (Å²) in [5.41, 5.74) is -0.275. The van der Waals surface area contributed by atoms with Crippen LogP contribution >= 0.6 is 11.6 Å². The fraction of sp³-hybridized carbons (Fsp3) is 0.414. The van der Waals surface area contributed by atoms with Gasteiger partial charge in [-0.25, -0.2) is 17.8 Å². The number of aromatic nitrogens is 2. The lowest BCUT2D eigenvalue weighted by Gasteiger charge is -2.30. The van der Waals surface area contributed by atoms with E-state index in [0.29, 0.717) is 40.1 Å². The van der Waals surface area contributed by atoms with E-state index in [0.717, 1.165) is 18.9 Å². The number of hydrogen-bond acceptors (Lipinski definition) is 5. The zero-order chi connectivity index (χ0) is 31.0. The van der Waals surface area contributed by atoms with Crippen molar-refractivity contribution in [3.63, 3.8) is 0 Å². The van der Waals surface area contributed by atoms with Crippen LogP contribution in [0.4, 0.5) is 17.6 Å². The first-order chi connectivity index (χ1) is 19.6. The Morgan fingerprint density at radius 1 is 1.21 bits per heavy atom. The van der Waals surface area contributed by atoms with Gasteiger partial charge in [-0.2, -0.15) is 18.4 Å². The number of rotatable bonds is 10. The van der Waals surface area contributed by atoms with Gasteiger partial charge < -0.3 is 4.90 Å². The fourth-order valence-electron chi connectivity index (χ4n) is 4.67. The zero-order valence-electron chi connectivity index (χ0n) is 23.2. The predicted octanol–water partition coefficient (Wildman–Crippen LogP) is 6.17. The molecule has 1 saturated carbocycles. The first-order valence-corrected chi connectivity index (χ1v) is 15.4. The number of alkyl halides is 3. The largest absolute Gasteiger partial charge is 0.419 e. The van der Waals surface area contributed by atoms with Gasteiger partial charge in [0.25, 0.3) is 0 Å². The summed E-state index contributed by atoms with van der Waals surface area (Å²) >= 11 is 6.86. The summed E-state index contributed by atoms with van der Waals surface area (Å²) in [4.78, 5) is 19.7. The lowest BCUT2D eigenvalue weighted by atomic mass is 10.1. The van der Waals surface area contributed by atoms with Gasteiger partial charge >= 0.3 is 6.18 Å². The second-order valence-corrected chi connectivity index (χ2v) is 13.5. The van der Waals surface area contributed by atoms with Crippen molar-refractivity contribution in [2.45, 2.75) is 57.7 Å². The first-order valence-electron chi connectivity index (χ1n) is 13.2. The molecule has 0 N–H and O–H groups in total. The van der Waals surface area contributed by atoms with Crippen molar-refractivity contribution in [1.29, 1.82) is 5.26 Å². The summed E-state index contributed by atoms with van der Waals surface area (Å²) in [6.07, 6.45) is -3.80. The topological polar surface area (TPSA) is 96.1 Å². The molecule has 1 heterocycles. The average molecular weight is 625 g/mol. The average Bonchev–Trinajstić information content (AvgIpc) is 3.58. The van der Waals surface area contributed by atoms with E-state index in [2.05, 4.69) is 0 Å². The minimum atomic E-state index is -4.96. The van der Waals surface area contributed by atoms with Crippen molar-refractivity contribution in [2.75, 3.05) is 18.1 Å². The second kappa shape index (κ2) is 11.7. The summed E-state index contributed by atoms with van der Waals surface area (Å²) in [5.74, 6) is -2.35. The third-order valence-corrected chi connectivity index (χ3v) is 9.64. The predicted molar refractivity (Wildman–Crippen MR) is 149 cm³/mol. The lowest BCUT2D eigenvalue weighted by molar-refractivity contribution is -0.140. The van der Waals surface area contributed by atoms with E-state index in [-0.39, 0.29) is 29.0 Å². The molecule has 0 spiro atoms. The molecule has 1 atom stereocenters. The van der Waals surface area contributed by atoms with Crippen LogP contribution in [0, 0.1) is 17.1 Å². The minimum absolute atomic E-state index is 0.0797. The number of sulfone groups is 1. The van der Waals surface area contributed by atoms with Crippen LogP contribution in [0.2, 0.25) is 5.15 Å². The molecule has 2 aromatic carbocycles. The third kappa shape index (κ3) is 6.63. The molecule has 1 aliphatic rings. The van der Waals surface area contributed by atoms with Gasteiger partial charge in [-0.1, -0.05) is 31.5 Å². The SMILES string of the molecule is CCS(=O)(=O)CCN(C(=O)Cc1ccc(F)c(C(F)(F)F)c1)[C@H](C)c1nc(C2(C)CC2)c(Cl)n1-c1ccc(C#N)cc1. The van der Waals surface area contributed by atoms with E-state index in [1.54, 1.807) is 35.8 Å². The highest BCUT2D eigenvalue weighted by molar-refractivity contribution is 7.91. The van der Waals surface area contributed by atoms with E-state index in [4.69, 9.17) is 16.6 Å². The molecule has 13 heteroatoms. The molecule has 1 amide bonds. The molecule has 0 unspecified atom stereocenters. The van der Waals surface area contributed by atoms with Gasteiger partial charge in [-0.3, -0.25) is 9.36 Å². The molecule has 0 bridgehead atoms. The van der Waals surface area contributed by atoms with E-state index >= 15 is 0 Å². The number of carbonyl (C=O) groups excluding carboxylic acids is 1. The van der Waals surface area contributed by atoms with Gasteiger partial charge in [0.1, 0.15) is 16.8 Å². The number of halogens is 5. The molecule has 0 saturated heterocycles. The number of benzene rings is 2. The fourth-order valence-corrected chi connectivity index (χ4v) is 5.89. The Kier molecular flexibility index (Phi) is 8.77. The van der Waals surface area contributed by atoms with Crippen molar-refractivity contribution in [3.8, 4) is 11.8 Å². The van der Waals surface area contributed by atoms with Crippen molar-refractivity contribution >= 4 is 27.3 Å². The first kappa shape index (κ1) is 31.5. The standard InChI is InChI=1S/C29H29ClF4N4O3S/c1-4-42(40,41)14-13-37(24(39)16-20-7-10-23(31)22(15-20)29(32,33)34)18(2)27-36-25(28(3)11-12-28)26(30)38(27)21-8-5-19(17-35)6-9-21/h5-10,15,18H,4,11-14,16H2,1-3H3/t18-/m1/s1.